The van der Waals surface area contributed by atoms with Crippen LogP contribution in [0.4, 0.5) is 11.4 Å². The van der Waals surface area contributed by atoms with E-state index in [0.717, 1.165) is 12.0 Å². The van der Waals surface area contributed by atoms with Crippen molar-refractivity contribution in [2.24, 2.45) is 0 Å². The molecule has 4 rings (SSSR count). The van der Waals surface area contributed by atoms with Crippen LogP contribution in [0.3, 0.4) is 0 Å². The van der Waals surface area contributed by atoms with E-state index in [4.69, 9.17) is 11.6 Å². The average Bonchev–Trinajstić information content (AvgIpc) is 2.79. The minimum absolute atomic E-state index is 0.182. The molecule has 164 valence electrons. The van der Waals surface area contributed by atoms with E-state index < -0.39 is 15.9 Å². The summed E-state index contributed by atoms with van der Waals surface area (Å²) in [5.74, 6) is -0.683. The van der Waals surface area contributed by atoms with Gasteiger partial charge in [0.15, 0.2) is 4.91 Å². The molecule has 5 nitrogen and oxygen atoms in total. The molecule has 3 aromatic rings. The fourth-order valence-electron chi connectivity index (χ4n) is 3.89. The van der Waals surface area contributed by atoms with E-state index >= 15 is 0 Å². The fourth-order valence-corrected chi connectivity index (χ4v) is 5.81. The second-order valence-corrected chi connectivity index (χ2v) is 9.64. The molecule has 0 fully saturated rings. The maximum absolute atomic E-state index is 13.7. The van der Waals surface area contributed by atoms with Gasteiger partial charge in [0.05, 0.1) is 5.69 Å². The number of rotatable bonds is 5. The van der Waals surface area contributed by atoms with Crippen LogP contribution in [-0.4, -0.2) is 20.9 Å². The van der Waals surface area contributed by atoms with Crippen molar-refractivity contribution in [2.75, 3.05) is 16.2 Å². The van der Waals surface area contributed by atoms with Gasteiger partial charge in [0, 0.05) is 28.4 Å². The molecule has 0 bridgehead atoms. The number of halogens is 1. The fraction of sp³-hybridized carbons (Fsp3) is 0.160. The average molecular weight is 467 g/mol. The lowest BCUT2D eigenvalue weighted by Crippen LogP contribution is -2.39. The van der Waals surface area contributed by atoms with Gasteiger partial charge in [0.1, 0.15) is 0 Å². The summed E-state index contributed by atoms with van der Waals surface area (Å²) in [7, 11) is -4.11. The summed E-state index contributed by atoms with van der Waals surface area (Å²) in [6, 6.07) is 21.5. The monoisotopic (exact) mass is 466 g/mol. The van der Waals surface area contributed by atoms with Crippen molar-refractivity contribution in [1.82, 2.24) is 0 Å². The van der Waals surface area contributed by atoms with Crippen LogP contribution < -0.4 is 9.62 Å². The maximum atomic E-state index is 13.7. The van der Waals surface area contributed by atoms with Crippen LogP contribution in [0.15, 0.2) is 77.7 Å². The molecule has 1 amide bonds. The Morgan fingerprint density at radius 2 is 1.66 bits per heavy atom. The minimum atomic E-state index is -4.11. The number of nitrogens with zero attached hydrogens (tertiary/aromatic N) is 1. The normalized spacial score (nSPS) is 14.8. The van der Waals surface area contributed by atoms with Crippen molar-refractivity contribution in [3.8, 4) is 0 Å². The third-order valence-corrected chi connectivity index (χ3v) is 7.62. The summed E-state index contributed by atoms with van der Waals surface area (Å²) in [5.41, 5.74) is 3.73. The van der Waals surface area contributed by atoms with Crippen LogP contribution in [0.5, 0.6) is 0 Å². The Morgan fingerprint density at radius 3 is 2.28 bits per heavy atom. The summed E-state index contributed by atoms with van der Waals surface area (Å²) in [6.45, 7) is 3.96. The highest BCUT2D eigenvalue weighted by Gasteiger charge is 2.40. The number of sulfonamides is 1. The number of benzene rings is 3. The molecule has 0 saturated carbocycles. The van der Waals surface area contributed by atoms with E-state index in [-0.39, 0.29) is 11.4 Å². The lowest BCUT2D eigenvalue weighted by atomic mass is 9.95. The predicted molar refractivity (Wildman–Crippen MR) is 130 cm³/mol. The molecule has 1 aliphatic rings. The SMILES string of the molecule is CCc1ccc(NC(=O)C2=C(c3ccccc3)c3cc(Cl)ccc3N(CC)S2(=O)=O)cc1. The number of anilines is 2. The molecule has 0 unspecified atom stereocenters. The van der Waals surface area contributed by atoms with Crippen molar-refractivity contribution in [3.05, 3.63) is 99.4 Å². The molecule has 1 N–H and O–H groups in total. The number of aryl methyl sites for hydroxylation is 1. The maximum Gasteiger partial charge on any atom is 0.270 e. The van der Waals surface area contributed by atoms with E-state index in [1.54, 1.807) is 49.4 Å². The van der Waals surface area contributed by atoms with Crippen LogP contribution in [0.25, 0.3) is 5.57 Å². The number of nitrogens with one attached hydrogen (secondary N) is 1. The van der Waals surface area contributed by atoms with Crippen molar-refractivity contribution in [2.45, 2.75) is 20.3 Å². The molecule has 0 spiro atoms. The van der Waals surface area contributed by atoms with Gasteiger partial charge in [-0.1, -0.05) is 61.0 Å². The van der Waals surface area contributed by atoms with Gasteiger partial charge in [-0.3, -0.25) is 9.10 Å². The van der Waals surface area contributed by atoms with Crippen LogP contribution >= 0.6 is 11.6 Å². The highest BCUT2D eigenvalue weighted by molar-refractivity contribution is 7.97. The molecule has 0 atom stereocenters. The van der Waals surface area contributed by atoms with Crippen molar-refractivity contribution < 1.29 is 13.2 Å². The number of hydrogen-bond donors (Lipinski definition) is 1. The molecule has 0 radical (unpaired) electrons. The lowest BCUT2D eigenvalue weighted by molar-refractivity contribution is -0.112. The Balaban J connectivity index is 1.95. The Morgan fingerprint density at radius 1 is 0.969 bits per heavy atom. The van der Waals surface area contributed by atoms with Crippen molar-refractivity contribution in [1.29, 1.82) is 0 Å². The molecule has 0 saturated heterocycles. The Kier molecular flexibility index (Phi) is 6.09. The van der Waals surface area contributed by atoms with Gasteiger partial charge < -0.3 is 5.32 Å². The van der Waals surface area contributed by atoms with Crippen LogP contribution in [0.1, 0.15) is 30.5 Å². The van der Waals surface area contributed by atoms with Gasteiger partial charge in [0.2, 0.25) is 0 Å². The van der Waals surface area contributed by atoms with E-state index in [2.05, 4.69) is 5.32 Å². The Labute approximate surface area is 193 Å². The third kappa shape index (κ3) is 3.92. The summed E-state index contributed by atoms with van der Waals surface area (Å²) in [6.07, 6.45) is 0.870. The molecular formula is C25H23ClN2O3S. The Hall–Kier alpha value is -3.09. The van der Waals surface area contributed by atoms with E-state index in [0.29, 0.717) is 33.1 Å². The topological polar surface area (TPSA) is 66.5 Å². The highest BCUT2D eigenvalue weighted by atomic mass is 35.5. The second kappa shape index (κ2) is 8.81. The van der Waals surface area contributed by atoms with Crippen LogP contribution in [0, 0.1) is 0 Å². The standard InChI is InChI=1S/C25H23ClN2O3S/c1-3-17-10-13-20(14-11-17)27-25(29)24-23(18-8-6-5-7-9-18)21-16-19(26)12-15-22(21)28(4-2)32(24,30)31/h5-16H,3-4H2,1-2H3,(H,27,29). The zero-order chi connectivity index (χ0) is 22.9. The van der Waals surface area contributed by atoms with Crippen LogP contribution in [0.2, 0.25) is 5.02 Å². The van der Waals surface area contributed by atoms with Gasteiger partial charge >= 0.3 is 0 Å². The largest absolute Gasteiger partial charge is 0.321 e. The number of carbonyl (C=O) groups excluding carboxylic acids is 1. The summed E-state index contributed by atoms with van der Waals surface area (Å²) < 4.78 is 28.6. The molecule has 7 heteroatoms. The quantitative estimate of drug-likeness (QED) is 0.542. The molecule has 1 heterocycles. The molecule has 0 aromatic heterocycles. The molecule has 0 aliphatic carbocycles. The molecule has 1 aliphatic heterocycles. The van der Waals surface area contributed by atoms with E-state index in [9.17, 15) is 13.2 Å². The lowest BCUT2D eigenvalue weighted by Gasteiger charge is -2.33. The predicted octanol–water partition coefficient (Wildman–Crippen LogP) is 5.47. The van der Waals surface area contributed by atoms with E-state index in [1.807, 2.05) is 37.3 Å². The first-order valence-electron chi connectivity index (χ1n) is 10.4. The van der Waals surface area contributed by atoms with Gasteiger partial charge in [-0.05, 0) is 54.8 Å². The smallest absolute Gasteiger partial charge is 0.270 e. The summed E-state index contributed by atoms with van der Waals surface area (Å²) in [4.78, 5) is 13.2. The summed E-state index contributed by atoms with van der Waals surface area (Å²) >= 11 is 6.29. The van der Waals surface area contributed by atoms with Gasteiger partial charge in [-0.25, -0.2) is 8.42 Å². The zero-order valence-electron chi connectivity index (χ0n) is 17.8. The second-order valence-electron chi connectivity index (χ2n) is 7.41. The number of fused-ring (bicyclic) bond motifs is 1. The van der Waals surface area contributed by atoms with Crippen molar-refractivity contribution in [3.63, 3.8) is 0 Å². The first-order valence-corrected chi connectivity index (χ1v) is 12.2. The first kappa shape index (κ1) is 22.1. The van der Waals surface area contributed by atoms with Gasteiger partial charge in [0.25, 0.3) is 15.9 Å². The third-order valence-electron chi connectivity index (χ3n) is 5.45. The number of hydrogen-bond acceptors (Lipinski definition) is 3. The number of carbonyl (C=O) groups is 1. The minimum Gasteiger partial charge on any atom is -0.321 e. The Bertz CT molecular complexity index is 1300. The molecule has 3 aromatic carbocycles. The molecular weight excluding hydrogens is 444 g/mol. The van der Waals surface area contributed by atoms with E-state index in [1.165, 1.54) is 4.31 Å². The first-order chi connectivity index (χ1) is 15.4. The van der Waals surface area contributed by atoms with Gasteiger partial charge in [-0.2, -0.15) is 0 Å². The van der Waals surface area contributed by atoms with Crippen LogP contribution in [-0.2, 0) is 21.2 Å². The number of amides is 1. The molecule has 32 heavy (non-hydrogen) atoms. The van der Waals surface area contributed by atoms with Crippen molar-refractivity contribution >= 4 is 44.5 Å². The summed E-state index contributed by atoms with van der Waals surface area (Å²) in [5, 5.41) is 3.23. The zero-order valence-corrected chi connectivity index (χ0v) is 19.4. The highest BCUT2D eigenvalue weighted by Crippen LogP contribution is 2.43. The van der Waals surface area contributed by atoms with Gasteiger partial charge in [-0.15, -0.1) is 0 Å².